The van der Waals surface area contributed by atoms with Gasteiger partial charge in [0.05, 0.1) is 11.4 Å². The summed E-state index contributed by atoms with van der Waals surface area (Å²) in [4.78, 5) is 7.09. The second-order valence-corrected chi connectivity index (χ2v) is 7.57. The van der Waals surface area contributed by atoms with E-state index in [9.17, 15) is 0 Å². The van der Waals surface area contributed by atoms with Crippen molar-refractivity contribution in [2.24, 2.45) is 11.7 Å². The van der Waals surface area contributed by atoms with Gasteiger partial charge in [-0.25, -0.2) is 0 Å². The highest BCUT2D eigenvalue weighted by Crippen LogP contribution is 2.48. The first-order valence-electron chi connectivity index (χ1n) is 8.45. The largest absolute Gasteiger partial charge is 0.370 e. The molecule has 0 unspecified atom stereocenters. The first kappa shape index (κ1) is 15.4. The number of piperidine rings is 1. The molecule has 1 saturated heterocycles. The summed E-state index contributed by atoms with van der Waals surface area (Å²) in [6.45, 7) is 2.76. The molecule has 2 aromatic carbocycles. The number of nitrogens with zero attached hydrogens (tertiary/aromatic N) is 2. The van der Waals surface area contributed by atoms with Gasteiger partial charge in [0.1, 0.15) is 0 Å². The van der Waals surface area contributed by atoms with Crippen LogP contribution in [0.3, 0.4) is 0 Å². The molecule has 2 aliphatic rings. The first-order chi connectivity index (χ1) is 11.7. The number of nitrogens with one attached hydrogen (secondary N) is 1. The summed E-state index contributed by atoms with van der Waals surface area (Å²) < 4.78 is 0. The van der Waals surface area contributed by atoms with Gasteiger partial charge in [-0.3, -0.25) is 5.41 Å². The highest BCUT2D eigenvalue weighted by atomic mass is 32.2. The van der Waals surface area contributed by atoms with Gasteiger partial charge >= 0.3 is 0 Å². The first-order valence-corrected chi connectivity index (χ1v) is 9.26. The second-order valence-electron chi connectivity index (χ2n) is 6.49. The number of hydrogen-bond acceptors (Lipinski definition) is 3. The number of likely N-dealkylation sites (tertiary alicyclic amines) is 1. The molecule has 2 heterocycles. The van der Waals surface area contributed by atoms with Crippen molar-refractivity contribution in [2.45, 2.75) is 22.6 Å². The number of nitrogens with two attached hydrogens (primary N) is 1. The highest BCUT2D eigenvalue weighted by molar-refractivity contribution is 7.99. The fourth-order valence-corrected chi connectivity index (χ4v) is 4.76. The van der Waals surface area contributed by atoms with Gasteiger partial charge in [-0.05, 0) is 43.0 Å². The molecule has 4 nitrogen and oxygen atoms in total. The maximum Gasteiger partial charge on any atom is 0.188 e. The van der Waals surface area contributed by atoms with E-state index < -0.39 is 0 Å². The molecule has 24 heavy (non-hydrogen) atoms. The third-order valence-corrected chi connectivity index (χ3v) is 5.96. The van der Waals surface area contributed by atoms with Crippen LogP contribution in [-0.4, -0.2) is 30.5 Å². The van der Waals surface area contributed by atoms with Crippen molar-refractivity contribution in [3.63, 3.8) is 0 Å². The van der Waals surface area contributed by atoms with E-state index in [1.165, 1.54) is 27.6 Å². The monoisotopic (exact) mass is 338 g/mol. The van der Waals surface area contributed by atoms with Crippen molar-refractivity contribution in [2.75, 3.05) is 24.5 Å². The summed E-state index contributed by atoms with van der Waals surface area (Å²) in [5.74, 6) is 0.724. The molecule has 2 aromatic rings. The smallest absolute Gasteiger partial charge is 0.188 e. The molecule has 1 fully saturated rings. The molecule has 5 heteroatoms. The van der Waals surface area contributed by atoms with Crippen LogP contribution >= 0.6 is 11.8 Å². The standard InChI is InChI=1S/C19H22N4S/c20-19(21)22-11-5-6-14(12-22)13-23-15-7-1-3-9-17(15)24-18-10-4-2-8-16(18)23/h1-4,7-10,14H,5-6,11-13H2,(H3,20,21)/t14-/m1/s1. The Morgan fingerprint density at radius 3 is 2.33 bits per heavy atom. The Balaban J connectivity index is 1.64. The zero-order chi connectivity index (χ0) is 16.5. The summed E-state index contributed by atoms with van der Waals surface area (Å²) in [5, 5.41) is 7.72. The van der Waals surface area contributed by atoms with Crippen molar-refractivity contribution in [1.82, 2.24) is 4.90 Å². The van der Waals surface area contributed by atoms with Gasteiger partial charge in [0, 0.05) is 29.4 Å². The van der Waals surface area contributed by atoms with Crippen LogP contribution in [0.1, 0.15) is 12.8 Å². The SMILES string of the molecule is N=C(N)N1CCC[C@@H](CN2c3ccccc3Sc3ccccc32)C1. The van der Waals surface area contributed by atoms with Crippen molar-refractivity contribution < 1.29 is 0 Å². The Bertz CT molecular complexity index is 715. The topological polar surface area (TPSA) is 56.4 Å². The molecule has 3 N–H and O–H groups in total. The minimum absolute atomic E-state index is 0.203. The lowest BCUT2D eigenvalue weighted by atomic mass is 9.97. The van der Waals surface area contributed by atoms with E-state index in [-0.39, 0.29) is 5.96 Å². The van der Waals surface area contributed by atoms with Crippen LogP contribution in [0.2, 0.25) is 0 Å². The van der Waals surface area contributed by atoms with E-state index >= 15 is 0 Å². The molecule has 0 aliphatic carbocycles. The van der Waals surface area contributed by atoms with Gasteiger partial charge < -0.3 is 15.5 Å². The summed E-state index contributed by atoms with van der Waals surface area (Å²) in [6.07, 6.45) is 2.30. The van der Waals surface area contributed by atoms with Gasteiger partial charge in [0.15, 0.2) is 5.96 Å². The van der Waals surface area contributed by atoms with E-state index in [1.807, 2.05) is 16.7 Å². The minimum Gasteiger partial charge on any atom is -0.370 e. The Hall–Kier alpha value is -2.14. The molecular weight excluding hydrogens is 316 g/mol. The zero-order valence-corrected chi connectivity index (χ0v) is 14.4. The third-order valence-electron chi connectivity index (χ3n) is 4.83. The van der Waals surface area contributed by atoms with E-state index in [1.54, 1.807) is 0 Å². The van der Waals surface area contributed by atoms with E-state index in [4.69, 9.17) is 11.1 Å². The molecule has 4 rings (SSSR count). The van der Waals surface area contributed by atoms with E-state index in [2.05, 4.69) is 53.4 Å². The molecule has 0 radical (unpaired) electrons. The lowest BCUT2D eigenvalue weighted by Gasteiger charge is -2.39. The lowest BCUT2D eigenvalue weighted by molar-refractivity contribution is 0.259. The molecule has 0 spiro atoms. The van der Waals surface area contributed by atoms with Crippen LogP contribution in [0.4, 0.5) is 11.4 Å². The average Bonchev–Trinajstić information content (AvgIpc) is 2.62. The zero-order valence-electron chi connectivity index (χ0n) is 13.6. The van der Waals surface area contributed by atoms with Crippen molar-refractivity contribution in [3.8, 4) is 0 Å². The van der Waals surface area contributed by atoms with Gasteiger partial charge in [-0.1, -0.05) is 36.0 Å². The number of rotatable bonds is 2. The Labute approximate surface area is 147 Å². The van der Waals surface area contributed by atoms with Crippen LogP contribution in [0.5, 0.6) is 0 Å². The van der Waals surface area contributed by atoms with Crippen LogP contribution in [0, 0.1) is 11.3 Å². The molecule has 1 atom stereocenters. The molecule has 2 aliphatic heterocycles. The number of benzene rings is 2. The van der Waals surface area contributed by atoms with Crippen LogP contribution in [-0.2, 0) is 0 Å². The quantitative estimate of drug-likeness (QED) is 0.644. The van der Waals surface area contributed by atoms with Gasteiger partial charge in [-0.15, -0.1) is 0 Å². The number of fused-ring (bicyclic) bond motifs is 2. The van der Waals surface area contributed by atoms with E-state index in [0.29, 0.717) is 5.92 Å². The van der Waals surface area contributed by atoms with Crippen molar-refractivity contribution in [1.29, 1.82) is 5.41 Å². The van der Waals surface area contributed by atoms with Gasteiger partial charge in [-0.2, -0.15) is 0 Å². The number of hydrogen-bond donors (Lipinski definition) is 2. The second kappa shape index (κ2) is 6.40. The van der Waals surface area contributed by atoms with Gasteiger partial charge in [0.25, 0.3) is 0 Å². The van der Waals surface area contributed by atoms with Crippen LogP contribution < -0.4 is 10.6 Å². The average molecular weight is 338 g/mol. The number of para-hydroxylation sites is 2. The molecule has 124 valence electrons. The molecule has 0 saturated carbocycles. The predicted octanol–water partition coefficient (Wildman–Crippen LogP) is 3.89. The Kier molecular flexibility index (Phi) is 4.10. The summed E-state index contributed by atoms with van der Waals surface area (Å²) in [5.41, 5.74) is 8.29. The molecule has 0 aromatic heterocycles. The minimum atomic E-state index is 0.203. The fourth-order valence-electron chi connectivity index (χ4n) is 3.67. The summed E-state index contributed by atoms with van der Waals surface area (Å²) >= 11 is 1.85. The number of anilines is 2. The maximum atomic E-state index is 7.72. The van der Waals surface area contributed by atoms with E-state index in [0.717, 1.165) is 26.1 Å². The van der Waals surface area contributed by atoms with Crippen LogP contribution in [0.25, 0.3) is 0 Å². The summed E-state index contributed by atoms with van der Waals surface area (Å²) in [7, 11) is 0. The number of guanidine groups is 1. The molecular formula is C19H22N4S. The maximum absolute atomic E-state index is 7.72. The van der Waals surface area contributed by atoms with Crippen molar-refractivity contribution >= 4 is 29.1 Å². The fraction of sp³-hybridized carbons (Fsp3) is 0.316. The molecule has 0 bridgehead atoms. The third kappa shape index (κ3) is 2.84. The normalized spacial score (nSPS) is 19.6. The highest BCUT2D eigenvalue weighted by Gasteiger charge is 2.28. The van der Waals surface area contributed by atoms with Gasteiger partial charge in [0.2, 0.25) is 0 Å². The molecule has 0 amide bonds. The predicted molar refractivity (Wildman–Crippen MR) is 100 cm³/mol. The Morgan fingerprint density at radius 2 is 1.71 bits per heavy atom. The lowest BCUT2D eigenvalue weighted by Crippen LogP contribution is -2.46. The van der Waals surface area contributed by atoms with Crippen LogP contribution in [0.15, 0.2) is 58.3 Å². The van der Waals surface area contributed by atoms with Crippen molar-refractivity contribution in [3.05, 3.63) is 48.5 Å². The summed E-state index contributed by atoms with van der Waals surface area (Å²) in [6, 6.07) is 17.3. The Morgan fingerprint density at radius 1 is 1.08 bits per heavy atom.